The number of carbonyl (C=O) groups excluding carboxylic acids is 1. The average molecular weight is 323 g/mol. The lowest BCUT2D eigenvalue weighted by atomic mass is 9.96. The molecule has 2 rings (SSSR count). The number of carboxylic acid groups (broad SMARTS) is 1. The molecule has 1 atom stereocenters. The third-order valence-electron chi connectivity index (χ3n) is 3.78. The number of rotatable bonds is 8. The van der Waals surface area contributed by atoms with E-state index in [2.05, 4.69) is 11.9 Å². The van der Waals surface area contributed by atoms with Gasteiger partial charge in [0.15, 0.2) is 0 Å². The first-order valence-corrected chi connectivity index (χ1v) is 7.85. The number of nitrogens with one attached hydrogen (secondary N) is 1. The Morgan fingerprint density at radius 3 is 2.12 bits per heavy atom. The zero-order valence-electron chi connectivity index (χ0n) is 13.4. The van der Waals surface area contributed by atoms with Gasteiger partial charge in [0.05, 0.1) is 6.04 Å². The summed E-state index contributed by atoms with van der Waals surface area (Å²) in [5, 5.41) is 11.8. The van der Waals surface area contributed by atoms with Gasteiger partial charge in [0.1, 0.15) is 0 Å². The minimum absolute atomic E-state index is 0.00529. The number of benzene rings is 2. The summed E-state index contributed by atoms with van der Waals surface area (Å²) in [6.07, 6.45) is 0.922. The molecule has 24 heavy (non-hydrogen) atoms. The lowest BCUT2D eigenvalue weighted by Crippen LogP contribution is -2.37. The van der Waals surface area contributed by atoms with Crippen molar-refractivity contribution in [1.82, 2.24) is 5.32 Å². The summed E-state index contributed by atoms with van der Waals surface area (Å²) < 4.78 is 0. The number of hydrogen-bond acceptors (Lipinski definition) is 2. The van der Waals surface area contributed by atoms with Gasteiger partial charge in [-0.3, -0.25) is 9.59 Å². The highest BCUT2D eigenvalue weighted by Crippen LogP contribution is 2.15. The molecule has 0 aliphatic rings. The van der Waals surface area contributed by atoms with Crippen molar-refractivity contribution in [3.63, 3.8) is 0 Å². The summed E-state index contributed by atoms with van der Waals surface area (Å²) in [6, 6.07) is 18.4. The van der Waals surface area contributed by atoms with Crippen LogP contribution < -0.4 is 5.32 Å². The van der Waals surface area contributed by atoms with Crippen LogP contribution in [0.3, 0.4) is 0 Å². The lowest BCUT2D eigenvalue weighted by molar-refractivity contribution is -0.136. The molecule has 0 aliphatic carbocycles. The van der Waals surface area contributed by atoms with Crippen molar-refractivity contribution < 1.29 is 14.7 Å². The third-order valence-corrected chi connectivity index (χ3v) is 3.78. The van der Waals surface area contributed by atoms with Crippen molar-refractivity contribution in [3.8, 4) is 0 Å². The smallest absolute Gasteiger partial charge is 0.303 e. The maximum absolute atomic E-state index is 12.4. The summed E-state index contributed by atoms with van der Waals surface area (Å²) in [7, 11) is 0. The maximum Gasteiger partial charge on any atom is 0.303 e. The molecule has 2 aromatic carbocycles. The van der Waals surface area contributed by atoms with Crippen LogP contribution in [0.25, 0.3) is 0 Å². The number of amides is 1. The van der Waals surface area contributed by atoms with Gasteiger partial charge in [-0.05, 0) is 30.5 Å². The normalized spacial score (nSPS) is 11.5. The largest absolute Gasteiger partial charge is 0.481 e. The first kappa shape index (κ1) is 17.5. The van der Waals surface area contributed by atoms with E-state index >= 15 is 0 Å². The second-order valence-electron chi connectivity index (χ2n) is 5.63. The van der Waals surface area contributed by atoms with Crippen LogP contribution in [-0.4, -0.2) is 23.0 Å². The van der Waals surface area contributed by atoms with E-state index in [1.165, 1.54) is 0 Å². The quantitative estimate of drug-likeness (QED) is 0.731. The number of carbonyl (C=O) groups is 2. The molecule has 4 nitrogen and oxygen atoms in total. The molecular formula is C20H21NO3. The Morgan fingerprint density at radius 2 is 1.54 bits per heavy atom. The Balaban J connectivity index is 2.11. The van der Waals surface area contributed by atoms with Crippen LogP contribution in [0.1, 0.15) is 28.8 Å². The van der Waals surface area contributed by atoms with Crippen LogP contribution in [0.5, 0.6) is 0 Å². The van der Waals surface area contributed by atoms with E-state index < -0.39 is 5.97 Å². The SMILES string of the molecule is C=C(CCC(=O)O)[C@H](Cc1ccccc1)NC(=O)c1ccccc1. The summed E-state index contributed by atoms with van der Waals surface area (Å²) in [6.45, 7) is 3.99. The zero-order valence-corrected chi connectivity index (χ0v) is 13.4. The maximum atomic E-state index is 12.4. The van der Waals surface area contributed by atoms with E-state index in [1.54, 1.807) is 24.3 Å². The van der Waals surface area contributed by atoms with Gasteiger partial charge >= 0.3 is 5.97 Å². The molecule has 124 valence electrons. The Hall–Kier alpha value is -2.88. The highest BCUT2D eigenvalue weighted by Gasteiger charge is 2.18. The van der Waals surface area contributed by atoms with Crippen LogP contribution in [0.4, 0.5) is 0 Å². The topological polar surface area (TPSA) is 66.4 Å². The molecule has 0 aromatic heterocycles. The van der Waals surface area contributed by atoms with Gasteiger partial charge < -0.3 is 10.4 Å². The number of carboxylic acids is 1. The summed E-state index contributed by atoms with van der Waals surface area (Å²) >= 11 is 0. The van der Waals surface area contributed by atoms with E-state index in [0.717, 1.165) is 5.56 Å². The van der Waals surface area contributed by atoms with E-state index in [0.29, 0.717) is 24.0 Å². The fourth-order valence-corrected chi connectivity index (χ4v) is 2.42. The third kappa shape index (κ3) is 5.39. The van der Waals surface area contributed by atoms with Gasteiger partial charge in [0, 0.05) is 12.0 Å². The van der Waals surface area contributed by atoms with Crippen molar-refractivity contribution in [1.29, 1.82) is 0 Å². The molecule has 0 heterocycles. The monoisotopic (exact) mass is 323 g/mol. The first-order chi connectivity index (χ1) is 11.6. The van der Waals surface area contributed by atoms with Gasteiger partial charge in [-0.1, -0.05) is 60.7 Å². The molecule has 4 heteroatoms. The van der Waals surface area contributed by atoms with Crippen molar-refractivity contribution in [3.05, 3.63) is 83.9 Å². The molecule has 0 bridgehead atoms. The van der Waals surface area contributed by atoms with E-state index in [4.69, 9.17) is 5.11 Å². The Morgan fingerprint density at radius 1 is 0.958 bits per heavy atom. The molecule has 0 saturated heterocycles. The zero-order chi connectivity index (χ0) is 17.4. The van der Waals surface area contributed by atoms with Gasteiger partial charge in [-0.25, -0.2) is 0 Å². The van der Waals surface area contributed by atoms with Crippen molar-refractivity contribution in [2.24, 2.45) is 0 Å². The number of hydrogen-bond donors (Lipinski definition) is 2. The van der Waals surface area contributed by atoms with Gasteiger partial charge in [-0.2, -0.15) is 0 Å². The highest BCUT2D eigenvalue weighted by molar-refractivity contribution is 5.94. The van der Waals surface area contributed by atoms with Crippen LogP contribution in [-0.2, 0) is 11.2 Å². The first-order valence-electron chi connectivity index (χ1n) is 7.85. The van der Waals surface area contributed by atoms with E-state index in [9.17, 15) is 9.59 Å². The van der Waals surface area contributed by atoms with Crippen LogP contribution >= 0.6 is 0 Å². The highest BCUT2D eigenvalue weighted by atomic mass is 16.4. The summed E-state index contributed by atoms with van der Waals surface area (Å²) in [5.74, 6) is -1.06. The van der Waals surface area contributed by atoms with Gasteiger partial charge in [-0.15, -0.1) is 0 Å². The molecule has 0 aliphatic heterocycles. The molecule has 2 aromatic rings. The summed E-state index contributed by atoms with van der Waals surface area (Å²) in [5.41, 5.74) is 2.35. The van der Waals surface area contributed by atoms with Crippen molar-refractivity contribution in [2.45, 2.75) is 25.3 Å². The second kappa shape index (κ2) is 8.67. The van der Waals surface area contributed by atoms with Crippen molar-refractivity contribution in [2.75, 3.05) is 0 Å². The van der Waals surface area contributed by atoms with Crippen LogP contribution in [0.2, 0.25) is 0 Å². The number of aliphatic carboxylic acids is 1. The van der Waals surface area contributed by atoms with E-state index in [1.807, 2.05) is 36.4 Å². The molecule has 0 fully saturated rings. The fourth-order valence-electron chi connectivity index (χ4n) is 2.42. The Labute approximate surface area is 141 Å². The second-order valence-corrected chi connectivity index (χ2v) is 5.63. The predicted octanol–water partition coefficient (Wildman–Crippen LogP) is 3.45. The minimum Gasteiger partial charge on any atom is -0.481 e. The van der Waals surface area contributed by atoms with E-state index in [-0.39, 0.29) is 18.4 Å². The van der Waals surface area contributed by atoms with Crippen LogP contribution in [0.15, 0.2) is 72.8 Å². The lowest BCUT2D eigenvalue weighted by Gasteiger charge is -2.21. The van der Waals surface area contributed by atoms with Crippen molar-refractivity contribution >= 4 is 11.9 Å². The fraction of sp³-hybridized carbons (Fsp3) is 0.200. The Kier molecular flexibility index (Phi) is 6.32. The summed E-state index contributed by atoms with van der Waals surface area (Å²) in [4.78, 5) is 23.2. The molecule has 1 amide bonds. The average Bonchev–Trinajstić information content (AvgIpc) is 2.60. The van der Waals surface area contributed by atoms with Crippen LogP contribution in [0, 0.1) is 0 Å². The molecular weight excluding hydrogens is 302 g/mol. The molecule has 0 unspecified atom stereocenters. The molecule has 0 radical (unpaired) electrons. The molecule has 2 N–H and O–H groups in total. The molecule has 0 spiro atoms. The van der Waals surface area contributed by atoms with Gasteiger partial charge in [0.2, 0.25) is 0 Å². The molecule has 0 saturated carbocycles. The Bertz CT molecular complexity index is 695. The predicted molar refractivity (Wildman–Crippen MR) is 93.9 cm³/mol. The standard InChI is InChI=1S/C20H21NO3/c1-15(12-13-19(22)23)18(14-16-8-4-2-5-9-16)21-20(24)17-10-6-3-7-11-17/h2-11,18H,1,12-14H2,(H,21,24)(H,22,23)/t18-/m0/s1. The van der Waals surface area contributed by atoms with Gasteiger partial charge in [0.25, 0.3) is 5.91 Å². The minimum atomic E-state index is -0.871.